The Hall–Kier alpha value is -3.88. The van der Waals surface area contributed by atoms with E-state index >= 15 is 0 Å². The van der Waals surface area contributed by atoms with E-state index in [1.54, 1.807) is 11.8 Å². The van der Waals surface area contributed by atoms with Crippen LogP contribution in [0.25, 0.3) is 0 Å². The summed E-state index contributed by atoms with van der Waals surface area (Å²) in [6.07, 6.45) is 0. The highest BCUT2D eigenvalue weighted by molar-refractivity contribution is 5.92. The van der Waals surface area contributed by atoms with Crippen molar-refractivity contribution in [2.45, 2.75) is 19.6 Å². The van der Waals surface area contributed by atoms with Crippen molar-refractivity contribution in [3.05, 3.63) is 70.9 Å². The number of esters is 1. The van der Waals surface area contributed by atoms with E-state index in [9.17, 15) is 4.79 Å². The Kier molecular flexibility index (Phi) is 5.57. The van der Waals surface area contributed by atoms with E-state index in [0.717, 1.165) is 22.6 Å². The molecule has 160 valence electrons. The quantitative estimate of drug-likeness (QED) is 0.609. The van der Waals surface area contributed by atoms with Gasteiger partial charge in [-0.1, -0.05) is 29.4 Å². The summed E-state index contributed by atoms with van der Waals surface area (Å²) < 4.78 is 12.4. The number of nitrogens with one attached hydrogen (secondary N) is 1. The molecule has 4 rings (SSSR count). The number of aromatic nitrogens is 4. The standard InChI is InChI=1S/C22H24N6O3/c1-14-19(21(29)31-13-15-5-11-18(30-4)12-6-15)20(28-22(23-14)24-25-26-28)16-7-9-17(10-8-16)27(2)3/h5-12,20H,13H2,1-4H3,(H,23,24,26). The van der Waals surface area contributed by atoms with Crippen molar-refractivity contribution in [1.29, 1.82) is 0 Å². The van der Waals surface area contributed by atoms with Crippen LogP contribution in [0.4, 0.5) is 11.6 Å². The summed E-state index contributed by atoms with van der Waals surface area (Å²) in [4.78, 5) is 15.2. The lowest BCUT2D eigenvalue weighted by Crippen LogP contribution is -2.29. The largest absolute Gasteiger partial charge is 0.497 e. The minimum atomic E-state index is -0.495. The maximum atomic E-state index is 13.2. The first-order chi connectivity index (χ1) is 15.0. The van der Waals surface area contributed by atoms with Gasteiger partial charge in [-0.15, -0.1) is 0 Å². The summed E-state index contributed by atoms with van der Waals surface area (Å²) in [7, 11) is 5.56. The molecule has 1 N–H and O–H groups in total. The van der Waals surface area contributed by atoms with Gasteiger partial charge in [0.1, 0.15) is 18.4 Å². The Balaban J connectivity index is 1.62. The number of hydrogen-bond acceptors (Lipinski definition) is 8. The van der Waals surface area contributed by atoms with Crippen LogP contribution in [0.1, 0.15) is 24.1 Å². The second-order valence-corrected chi connectivity index (χ2v) is 7.42. The Morgan fingerprint density at radius 2 is 1.84 bits per heavy atom. The molecule has 0 aliphatic carbocycles. The van der Waals surface area contributed by atoms with E-state index in [4.69, 9.17) is 9.47 Å². The molecule has 1 aliphatic heterocycles. The highest BCUT2D eigenvalue weighted by Gasteiger charge is 2.35. The van der Waals surface area contributed by atoms with Crippen molar-refractivity contribution >= 4 is 17.6 Å². The van der Waals surface area contributed by atoms with Crippen molar-refractivity contribution in [3.8, 4) is 5.75 Å². The van der Waals surface area contributed by atoms with Crippen molar-refractivity contribution in [2.24, 2.45) is 0 Å². The number of benzene rings is 2. The number of tetrazole rings is 1. The van der Waals surface area contributed by atoms with Gasteiger partial charge in [-0.3, -0.25) is 0 Å². The average molecular weight is 420 g/mol. The number of nitrogens with zero attached hydrogens (tertiary/aromatic N) is 5. The Bertz CT molecular complexity index is 1100. The van der Waals surface area contributed by atoms with Gasteiger partial charge in [0, 0.05) is 25.5 Å². The maximum Gasteiger partial charge on any atom is 0.338 e. The van der Waals surface area contributed by atoms with E-state index in [-0.39, 0.29) is 6.61 Å². The number of fused-ring (bicyclic) bond motifs is 1. The molecule has 0 bridgehead atoms. The molecular weight excluding hydrogens is 396 g/mol. The van der Waals surface area contributed by atoms with Crippen molar-refractivity contribution in [1.82, 2.24) is 20.2 Å². The molecule has 1 unspecified atom stereocenters. The minimum Gasteiger partial charge on any atom is -0.497 e. The van der Waals surface area contributed by atoms with Crippen molar-refractivity contribution in [2.75, 3.05) is 31.4 Å². The highest BCUT2D eigenvalue weighted by Crippen LogP contribution is 2.35. The fourth-order valence-corrected chi connectivity index (χ4v) is 3.49. The number of ether oxygens (including phenoxy) is 2. The highest BCUT2D eigenvalue weighted by atomic mass is 16.5. The third-order valence-corrected chi connectivity index (χ3v) is 5.19. The molecule has 9 nitrogen and oxygen atoms in total. The van der Waals surface area contributed by atoms with Gasteiger partial charge in [0.25, 0.3) is 0 Å². The zero-order valence-electron chi connectivity index (χ0n) is 17.9. The molecule has 31 heavy (non-hydrogen) atoms. The Labute approximate surface area is 180 Å². The van der Waals surface area contributed by atoms with Crippen LogP contribution in [0.3, 0.4) is 0 Å². The molecule has 0 amide bonds. The van der Waals surface area contributed by atoms with Gasteiger partial charge in [-0.2, -0.15) is 4.68 Å². The van der Waals surface area contributed by atoms with Crippen LogP contribution in [0.5, 0.6) is 5.75 Å². The number of methoxy groups -OCH3 is 1. The zero-order valence-corrected chi connectivity index (χ0v) is 17.9. The van der Waals surface area contributed by atoms with Crippen LogP contribution in [0.15, 0.2) is 59.8 Å². The SMILES string of the molecule is COc1ccc(COC(=O)C2=C(C)Nc3nnnn3C2c2ccc(N(C)C)cc2)cc1. The minimum absolute atomic E-state index is 0.147. The van der Waals surface area contributed by atoms with Gasteiger partial charge >= 0.3 is 5.97 Å². The molecule has 0 fully saturated rings. The molecule has 2 aromatic carbocycles. The number of carbonyl (C=O) groups excluding carboxylic acids is 1. The van der Waals surface area contributed by atoms with Crippen molar-refractivity contribution in [3.63, 3.8) is 0 Å². The van der Waals surface area contributed by atoms with Crippen LogP contribution in [-0.2, 0) is 16.1 Å². The van der Waals surface area contributed by atoms with E-state index < -0.39 is 12.0 Å². The monoisotopic (exact) mass is 420 g/mol. The third-order valence-electron chi connectivity index (χ3n) is 5.19. The third kappa shape index (κ3) is 4.07. The summed E-state index contributed by atoms with van der Waals surface area (Å²) in [6.45, 7) is 1.97. The van der Waals surface area contributed by atoms with Gasteiger partial charge in [0.15, 0.2) is 0 Å². The molecule has 1 aromatic heterocycles. The van der Waals surface area contributed by atoms with E-state index in [0.29, 0.717) is 17.2 Å². The van der Waals surface area contributed by atoms with Crippen LogP contribution < -0.4 is 15.0 Å². The normalized spacial score (nSPS) is 15.2. The van der Waals surface area contributed by atoms with E-state index in [1.807, 2.05) is 74.4 Å². The zero-order chi connectivity index (χ0) is 22.0. The molecule has 1 atom stereocenters. The first-order valence-corrected chi connectivity index (χ1v) is 9.81. The first kappa shape index (κ1) is 20.4. The fourth-order valence-electron chi connectivity index (χ4n) is 3.49. The van der Waals surface area contributed by atoms with Crippen molar-refractivity contribution < 1.29 is 14.3 Å². The second kappa shape index (κ2) is 8.47. The molecule has 0 saturated heterocycles. The van der Waals surface area contributed by atoms with Crippen LogP contribution >= 0.6 is 0 Å². The Morgan fingerprint density at radius 1 is 1.13 bits per heavy atom. The van der Waals surface area contributed by atoms with Gasteiger partial charge < -0.3 is 19.7 Å². The summed E-state index contributed by atoms with van der Waals surface area (Å²) >= 11 is 0. The molecular formula is C22H24N6O3. The lowest BCUT2D eigenvalue weighted by Gasteiger charge is -2.27. The molecule has 9 heteroatoms. The predicted octanol–water partition coefficient (Wildman–Crippen LogP) is 2.78. The summed E-state index contributed by atoms with van der Waals surface area (Å²) in [5.41, 5.74) is 3.93. The molecule has 0 saturated carbocycles. The van der Waals surface area contributed by atoms with Gasteiger partial charge in [-0.25, -0.2) is 4.79 Å². The molecule has 0 spiro atoms. The number of carbonyl (C=O) groups is 1. The van der Waals surface area contributed by atoms with Gasteiger partial charge in [0.2, 0.25) is 5.95 Å². The number of allylic oxidation sites excluding steroid dienone is 1. The van der Waals surface area contributed by atoms with Crippen LogP contribution in [0, 0.1) is 0 Å². The number of rotatable bonds is 6. The lowest BCUT2D eigenvalue weighted by molar-refractivity contribution is -0.140. The molecule has 0 radical (unpaired) electrons. The first-order valence-electron chi connectivity index (χ1n) is 9.81. The van der Waals surface area contributed by atoms with E-state index in [2.05, 4.69) is 20.8 Å². The molecule has 2 heterocycles. The van der Waals surface area contributed by atoms with Crippen LogP contribution in [-0.4, -0.2) is 47.4 Å². The molecule has 1 aliphatic rings. The summed E-state index contributed by atoms with van der Waals surface area (Å²) in [5.74, 6) is 0.798. The maximum absolute atomic E-state index is 13.2. The molecule has 3 aromatic rings. The second-order valence-electron chi connectivity index (χ2n) is 7.42. The number of anilines is 2. The van der Waals surface area contributed by atoms with E-state index in [1.165, 1.54) is 0 Å². The summed E-state index contributed by atoms with van der Waals surface area (Å²) in [5, 5.41) is 15.0. The fraction of sp³-hybridized carbons (Fsp3) is 0.273. The van der Waals surface area contributed by atoms with Gasteiger partial charge in [0.05, 0.1) is 12.7 Å². The van der Waals surface area contributed by atoms with Crippen LogP contribution in [0.2, 0.25) is 0 Å². The average Bonchev–Trinajstić information content (AvgIpc) is 3.25. The Morgan fingerprint density at radius 3 is 2.48 bits per heavy atom. The number of hydrogen-bond donors (Lipinski definition) is 1. The smallest absolute Gasteiger partial charge is 0.338 e. The topological polar surface area (TPSA) is 94.4 Å². The summed E-state index contributed by atoms with van der Waals surface area (Å²) in [6, 6.07) is 14.8. The predicted molar refractivity (Wildman–Crippen MR) is 116 cm³/mol. The van der Waals surface area contributed by atoms with Gasteiger partial charge in [-0.05, 0) is 52.7 Å². The lowest BCUT2D eigenvalue weighted by atomic mass is 9.95.